The Morgan fingerprint density at radius 1 is 1.07 bits per heavy atom. The summed E-state index contributed by atoms with van der Waals surface area (Å²) >= 11 is 3.40. The van der Waals surface area contributed by atoms with Gasteiger partial charge < -0.3 is 0 Å². The predicted octanol–water partition coefficient (Wildman–Crippen LogP) is 4.70. The number of ketones is 1. The fraction of sp³-hybridized carbons (Fsp3) is 0.182. The number of benzene rings is 2. The zero-order valence-electron chi connectivity index (χ0n) is 15.9. The molecule has 1 aromatic heterocycles. The van der Waals surface area contributed by atoms with Crippen LogP contribution in [0.5, 0.6) is 0 Å². The van der Waals surface area contributed by atoms with Crippen molar-refractivity contribution in [2.45, 2.75) is 31.1 Å². The molecule has 0 aliphatic heterocycles. The number of nitrogens with zero attached hydrogens (tertiary/aromatic N) is 1. The van der Waals surface area contributed by atoms with Crippen molar-refractivity contribution < 1.29 is 13.2 Å². The molecule has 1 heterocycles. The smallest absolute Gasteiger partial charge is 0.261 e. The lowest BCUT2D eigenvalue weighted by molar-refractivity contribution is -0.118. The van der Waals surface area contributed by atoms with Crippen LogP contribution in [0.4, 0.5) is 5.69 Å². The van der Waals surface area contributed by atoms with Crippen LogP contribution in [0.2, 0.25) is 0 Å². The second kappa shape index (κ2) is 9.33. The van der Waals surface area contributed by atoms with Crippen molar-refractivity contribution in [2.24, 2.45) is 0 Å². The Labute approximate surface area is 179 Å². The minimum Gasteiger partial charge on any atom is -0.299 e. The predicted molar refractivity (Wildman–Crippen MR) is 117 cm³/mol. The molecular formula is C22H21BrN2O3S. The number of pyridine rings is 1. The topological polar surface area (TPSA) is 76.1 Å². The zero-order chi connectivity index (χ0) is 20.9. The standard InChI is InChI=1S/C22H21BrN2O3S/c1-16-13-19(7-11-22(16)23)25-29(27,28)21-9-5-17(6-10-21)14-20(26)8-4-18-3-2-12-24-15-18/h2-3,5-7,9-13,15,25H,4,8,14H2,1H3. The van der Waals surface area contributed by atoms with E-state index in [2.05, 4.69) is 25.6 Å². The largest absolute Gasteiger partial charge is 0.299 e. The number of carbonyl (C=O) groups excluding carboxylic acids is 1. The number of hydrogen-bond acceptors (Lipinski definition) is 4. The van der Waals surface area contributed by atoms with Crippen LogP contribution < -0.4 is 4.72 Å². The van der Waals surface area contributed by atoms with Crippen molar-refractivity contribution in [1.82, 2.24) is 4.98 Å². The maximum absolute atomic E-state index is 12.6. The van der Waals surface area contributed by atoms with Crippen molar-refractivity contribution in [3.05, 3.63) is 88.2 Å². The molecule has 0 saturated heterocycles. The fourth-order valence-corrected chi connectivity index (χ4v) is 4.15. The number of aromatic nitrogens is 1. The van der Waals surface area contributed by atoms with Gasteiger partial charge in [0.2, 0.25) is 0 Å². The Morgan fingerprint density at radius 3 is 2.48 bits per heavy atom. The van der Waals surface area contributed by atoms with E-state index < -0.39 is 10.0 Å². The summed E-state index contributed by atoms with van der Waals surface area (Å²) in [7, 11) is -3.69. The first kappa shape index (κ1) is 21.2. The molecule has 150 valence electrons. The van der Waals surface area contributed by atoms with Gasteiger partial charge in [-0.1, -0.05) is 34.1 Å². The van der Waals surface area contributed by atoms with E-state index in [1.165, 1.54) is 12.1 Å². The molecule has 0 spiro atoms. The van der Waals surface area contributed by atoms with Crippen molar-refractivity contribution >= 4 is 37.4 Å². The normalized spacial score (nSPS) is 11.2. The Kier molecular flexibility index (Phi) is 6.82. The van der Waals surface area contributed by atoms with E-state index in [-0.39, 0.29) is 17.1 Å². The van der Waals surface area contributed by atoms with Crippen LogP contribution >= 0.6 is 15.9 Å². The number of aryl methyl sites for hydroxylation is 2. The number of anilines is 1. The van der Waals surface area contributed by atoms with Gasteiger partial charge in [0.05, 0.1) is 4.90 Å². The third-order valence-corrected chi connectivity index (χ3v) is 6.75. The van der Waals surface area contributed by atoms with Crippen LogP contribution in [0.25, 0.3) is 0 Å². The number of Topliss-reactive ketones (excluding diaryl/α,β-unsaturated/α-hetero) is 1. The molecule has 2 aromatic carbocycles. The van der Waals surface area contributed by atoms with E-state index in [1.54, 1.807) is 42.7 Å². The Hall–Kier alpha value is -2.51. The zero-order valence-corrected chi connectivity index (χ0v) is 18.3. The van der Waals surface area contributed by atoms with E-state index in [0.29, 0.717) is 18.5 Å². The second-order valence-electron chi connectivity index (χ2n) is 6.79. The molecule has 5 nitrogen and oxygen atoms in total. The van der Waals surface area contributed by atoms with Gasteiger partial charge in [-0.05, 0) is 66.4 Å². The summed E-state index contributed by atoms with van der Waals surface area (Å²) in [6, 6.07) is 15.5. The van der Waals surface area contributed by atoms with Gasteiger partial charge in [0.25, 0.3) is 10.0 Å². The van der Waals surface area contributed by atoms with E-state index in [0.717, 1.165) is 21.2 Å². The van der Waals surface area contributed by atoms with E-state index in [4.69, 9.17) is 0 Å². The third-order valence-electron chi connectivity index (χ3n) is 4.46. The number of sulfonamides is 1. The lowest BCUT2D eigenvalue weighted by Crippen LogP contribution is -2.13. The molecule has 0 unspecified atom stereocenters. The Morgan fingerprint density at radius 2 is 1.83 bits per heavy atom. The molecular weight excluding hydrogens is 452 g/mol. The monoisotopic (exact) mass is 472 g/mol. The number of hydrogen-bond donors (Lipinski definition) is 1. The van der Waals surface area contributed by atoms with Crippen LogP contribution in [-0.4, -0.2) is 19.2 Å². The van der Waals surface area contributed by atoms with Crippen molar-refractivity contribution in [3.8, 4) is 0 Å². The SMILES string of the molecule is Cc1cc(NS(=O)(=O)c2ccc(CC(=O)CCc3cccnc3)cc2)ccc1Br. The van der Waals surface area contributed by atoms with Gasteiger partial charge in [-0.3, -0.25) is 14.5 Å². The highest BCUT2D eigenvalue weighted by molar-refractivity contribution is 9.10. The molecule has 1 N–H and O–H groups in total. The molecule has 29 heavy (non-hydrogen) atoms. The van der Waals surface area contributed by atoms with Crippen molar-refractivity contribution in [1.29, 1.82) is 0 Å². The van der Waals surface area contributed by atoms with Crippen molar-refractivity contribution in [2.75, 3.05) is 4.72 Å². The molecule has 3 aromatic rings. The van der Waals surface area contributed by atoms with Gasteiger partial charge in [0.1, 0.15) is 5.78 Å². The molecule has 0 amide bonds. The molecule has 0 fully saturated rings. The van der Waals surface area contributed by atoms with Gasteiger partial charge in [0.15, 0.2) is 0 Å². The van der Waals surface area contributed by atoms with E-state index >= 15 is 0 Å². The summed E-state index contributed by atoms with van der Waals surface area (Å²) in [5, 5.41) is 0. The average Bonchev–Trinajstić information content (AvgIpc) is 2.70. The average molecular weight is 473 g/mol. The molecule has 0 atom stereocenters. The lowest BCUT2D eigenvalue weighted by Gasteiger charge is -2.10. The molecule has 0 saturated carbocycles. The molecule has 3 rings (SSSR count). The van der Waals surface area contributed by atoms with E-state index in [9.17, 15) is 13.2 Å². The maximum atomic E-state index is 12.6. The highest BCUT2D eigenvalue weighted by Gasteiger charge is 2.15. The van der Waals surface area contributed by atoms with Crippen LogP contribution in [0.3, 0.4) is 0 Å². The van der Waals surface area contributed by atoms with Gasteiger partial charge in [-0.15, -0.1) is 0 Å². The summed E-state index contributed by atoms with van der Waals surface area (Å²) in [6.45, 7) is 1.89. The van der Waals surface area contributed by atoms with Crippen molar-refractivity contribution in [3.63, 3.8) is 0 Å². The molecule has 0 radical (unpaired) electrons. The first-order valence-corrected chi connectivity index (χ1v) is 11.4. The number of nitrogens with one attached hydrogen (secondary N) is 1. The first-order valence-electron chi connectivity index (χ1n) is 9.12. The van der Waals surface area contributed by atoms with Gasteiger partial charge in [0, 0.05) is 35.4 Å². The highest BCUT2D eigenvalue weighted by Crippen LogP contribution is 2.22. The van der Waals surface area contributed by atoms with Gasteiger partial charge >= 0.3 is 0 Å². The highest BCUT2D eigenvalue weighted by atomic mass is 79.9. The van der Waals surface area contributed by atoms with Gasteiger partial charge in [-0.25, -0.2) is 8.42 Å². The molecule has 0 aliphatic carbocycles. The third kappa shape index (κ3) is 5.98. The summed E-state index contributed by atoms with van der Waals surface area (Å²) in [5.74, 6) is 0.105. The minimum atomic E-state index is -3.69. The summed E-state index contributed by atoms with van der Waals surface area (Å²) in [4.78, 5) is 16.4. The van der Waals surface area contributed by atoms with Crippen LogP contribution in [0.15, 0.2) is 76.4 Å². The van der Waals surface area contributed by atoms with Gasteiger partial charge in [-0.2, -0.15) is 0 Å². The minimum absolute atomic E-state index is 0.105. The molecule has 0 bridgehead atoms. The molecule has 0 aliphatic rings. The quantitative estimate of drug-likeness (QED) is 0.515. The Bertz CT molecular complexity index is 1100. The first-order chi connectivity index (χ1) is 13.8. The van der Waals surface area contributed by atoms with Crippen LogP contribution in [0.1, 0.15) is 23.1 Å². The number of rotatable bonds is 8. The van der Waals surface area contributed by atoms with E-state index in [1.807, 2.05) is 19.1 Å². The summed E-state index contributed by atoms with van der Waals surface area (Å²) in [5.41, 5.74) is 3.25. The van der Waals surface area contributed by atoms with Crippen LogP contribution in [0, 0.1) is 6.92 Å². The lowest BCUT2D eigenvalue weighted by atomic mass is 10.0. The maximum Gasteiger partial charge on any atom is 0.261 e. The number of carbonyl (C=O) groups is 1. The fourth-order valence-electron chi connectivity index (χ4n) is 2.85. The molecule has 7 heteroatoms. The second-order valence-corrected chi connectivity index (χ2v) is 9.33. The number of halogens is 1. The van der Waals surface area contributed by atoms with Crippen LogP contribution in [-0.2, 0) is 27.7 Å². The summed E-state index contributed by atoms with van der Waals surface area (Å²) in [6.07, 6.45) is 4.81. The summed E-state index contributed by atoms with van der Waals surface area (Å²) < 4.78 is 28.7. The Balaban J connectivity index is 1.61.